The number of thioether (sulfide) groups is 1. The molecule has 0 radical (unpaired) electrons. The number of fused-ring (bicyclic) bond motifs is 1. The molecular weight excluding hydrogens is 538 g/mol. The number of benzene rings is 2. The number of hydrogen-bond acceptors (Lipinski definition) is 7. The predicted octanol–water partition coefficient (Wildman–Crippen LogP) is 6.70. The van der Waals surface area contributed by atoms with Crippen LogP contribution >= 0.6 is 23.1 Å². The first-order valence-corrected chi connectivity index (χ1v) is 14.4. The summed E-state index contributed by atoms with van der Waals surface area (Å²) in [6.07, 6.45) is 1.96. The van der Waals surface area contributed by atoms with Crippen molar-refractivity contribution in [2.75, 3.05) is 6.26 Å². The number of thiazole rings is 1. The van der Waals surface area contributed by atoms with Gasteiger partial charge in [-0.05, 0) is 74.9 Å². The van der Waals surface area contributed by atoms with Crippen LogP contribution in [-0.2, 0) is 17.8 Å². The average Bonchev–Trinajstić information content (AvgIpc) is 3.24. The van der Waals surface area contributed by atoms with Crippen molar-refractivity contribution in [1.29, 1.82) is 5.26 Å². The molecule has 0 aliphatic carbocycles. The van der Waals surface area contributed by atoms with E-state index in [1.807, 2.05) is 18.4 Å². The van der Waals surface area contributed by atoms with Gasteiger partial charge >= 0.3 is 0 Å². The number of nitrogens with zero attached hydrogens (tertiary/aromatic N) is 3. The molecule has 0 aliphatic rings. The zero-order chi connectivity index (χ0) is 26.9. The fourth-order valence-electron chi connectivity index (χ4n) is 3.68. The first-order chi connectivity index (χ1) is 17.5. The number of halogens is 3. The number of hydrogen-bond donors (Lipinski definition) is 1. The van der Waals surface area contributed by atoms with Crippen LogP contribution in [0, 0.1) is 28.8 Å². The molecule has 0 fully saturated rings. The SMILES string of the molecule is CSc1nc2nc(C(Cc3cc(F)cc(F)c3)N[S+]([O-])C(C)(C)C)c(-c3ccc(F)c(C#N)c3)cc2s1. The second kappa shape index (κ2) is 11.0. The molecule has 0 spiro atoms. The lowest BCUT2D eigenvalue weighted by Gasteiger charge is -2.28. The predicted molar refractivity (Wildman–Crippen MR) is 143 cm³/mol. The van der Waals surface area contributed by atoms with Crippen molar-refractivity contribution in [2.24, 2.45) is 0 Å². The maximum atomic E-state index is 14.1. The Kier molecular flexibility index (Phi) is 8.16. The van der Waals surface area contributed by atoms with Crippen LogP contribution in [0.25, 0.3) is 21.5 Å². The highest BCUT2D eigenvalue weighted by Crippen LogP contribution is 2.37. The van der Waals surface area contributed by atoms with E-state index in [4.69, 9.17) is 4.98 Å². The first kappa shape index (κ1) is 27.4. The number of aromatic nitrogens is 2. The Morgan fingerprint density at radius 1 is 1.11 bits per heavy atom. The maximum absolute atomic E-state index is 14.1. The molecule has 11 heteroatoms. The van der Waals surface area contributed by atoms with Crippen molar-refractivity contribution in [1.82, 2.24) is 14.7 Å². The molecule has 2 heterocycles. The third-order valence-corrected chi connectivity index (χ3v) is 9.05. The Morgan fingerprint density at radius 3 is 2.43 bits per heavy atom. The van der Waals surface area contributed by atoms with Gasteiger partial charge in [0, 0.05) is 23.0 Å². The summed E-state index contributed by atoms with van der Waals surface area (Å²) in [4.78, 5) is 9.35. The lowest BCUT2D eigenvalue weighted by atomic mass is 9.95. The second-order valence-corrected chi connectivity index (χ2v) is 13.3. The molecule has 2 aromatic heterocycles. The monoisotopic (exact) mass is 560 g/mol. The zero-order valence-corrected chi connectivity index (χ0v) is 22.9. The number of nitriles is 1. The number of nitrogens with one attached hydrogen (secondary N) is 1. The van der Waals surface area contributed by atoms with Gasteiger partial charge in [0.05, 0.1) is 22.0 Å². The Morgan fingerprint density at radius 2 is 1.81 bits per heavy atom. The van der Waals surface area contributed by atoms with Crippen LogP contribution in [0.15, 0.2) is 46.8 Å². The lowest BCUT2D eigenvalue weighted by molar-refractivity contribution is 0.517. The van der Waals surface area contributed by atoms with E-state index in [1.54, 1.807) is 26.8 Å². The van der Waals surface area contributed by atoms with Gasteiger partial charge in [0.25, 0.3) is 0 Å². The van der Waals surface area contributed by atoms with Gasteiger partial charge in [-0.3, -0.25) is 0 Å². The quantitative estimate of drug-likeness (QED) is 0.200. The third kappa shape index (κ3) is 6.27. The van der Waals surface area contributed by atoms with Crippen LogP contribution in [-0.4, -0.2) is 25.5 Å². The van der Waals surface area contributed by atoms with E-state index in [1.165, 1.54) is 47.4 Å². The molecule has 2 unspecified atom stereocenters. The van der Waals surface area contributed by atoms with Gasteiger partial charge in [-0.2, -0.15) is 5.26 Å². The molecule has 0 bridgehead atoms. The van der Waals surface area contributed by atoms with Crippen LogP contribution in [0.3, 0.4) is 0 Å². The highest BCUT2D eigenvalue weighted by atomic mass is 32.2. The smallest absolute Gasteiger partial charge is 0.171 e. The van der Waals surface area contributed by atoms with Gasteiger partial charge in [-0.15, -0.1) is 16.1 Å². The summed E-state index contributed by atoms with van der Waals surface area (Å²) in [6, 6.07) is 10.4. The Bertz CT molecular complexity index is 1480. The molecule has 5 nitrogen and oxygen atoms in total. The Hall–Kier alpha value is -2.62. The fraction of sp³-hybridized carbons (Fsp3) is 0.269. The van der Waals surface area contributed by atoms with E-state index < -0.39 is 39.6 Å². The summed E-state index contributed by atoms with van der Waals surface area (Å²) in [7, 11) is 0. The highest BCUT2D eigenvalue weighted by Gasteiger charge is 2.32. The topological polar surface area (TPSA) is 84.7 Å². The van der Waals surface area contributed by atoms with Crippen molar-refractivity contribution in [2.45, 2.75) is 42.3 Å². The molecular formula is C26H23F3N4OS3. The van der Waals surface area contributed by atoms with E-state index in [9.17, 15) is 23.0 Å². The molecule has 0 saturated carbocycles. The van der Waals surface area contributed by atoms with Gasteiger partial charge in [0.1, 0.15) is 28.3 Å². The van der Waals surface area contributed by atoms with Crippen LogP contribution < -0.4 is 4.72 Å². The van der Waals surface area contributed by atoms with Crippen LogP contribution in [0.2, 0.25) is 0 Å². The highest BCUT2D eigenvalue weighted by molar-refractivity contribution is 8.00. The summed E-state index contributed by atoms with van der Waals surface area (Å²) in [5, 5.41) is 9.39. The molecule has 0 amide bonds. The van der Waals surface area contributed by atoms with Gasteiger partial charge in [0.2, 0.25) is 0 Å². The van der Waals surface area contributed by atoms with Crippen LogP contribution in [0.4, 0.5) is 13.2 Å². The second-order valence-electron chi connectivity index (χ2n) is 9.27. The van der Waals surface area contributed by atoms with E-state index in [2.05, 4.69) is 9.71 Å². The molecule has 0 aliphatic heterocycles. The van der Waals surface area contributed by atoms with Crippen molar-refractivity contribution >= 4 is 44.8 Å². The van der Waals surface area contributed by atoms with Crippen molar-refractivity contribution in [3.8, 4) is 17.2 Å². The minimum atomic E-state index is -1.57. The molecule has 2 atom stereocenters. The molecule has 0 saturated heterocycles. The van der Waals surface area contributed by atoms with E-state index in [0.29, 0.717) is 28.0 Å². The molecule has 2 aromatic carbocycles. The number of pyridine rings is 1. The lowest BCUT2D eigenvalue weighted by Crippen LogP contribution is -2.42. The fourth-order valence-corrected chi connectivity index (χ4v) is 5.95. The molecule has 4 aromatic rings. The Balaban J connectivity index is 1.94. The van der Waals surface area contributed by atoms with E-state index in [-0.39, 0.29) is 12.0 Å². The standard InChI is InChI=1S/C26H23F3N4OS3/c1-26(2,3)37(34)33-21(9-14-7-17(27)11-18(28)8-14)23-19(15-5-6-20(29)16(10-15)13-30)12-22-24(31-23)32-25(35-4)36-22/h5-8,10-12,21,33H,9H2,1-4H3. The van der Waals surface area contributed by atoms with Crippen LogP contribution in [0.5, 0.6) is 0 Å². The first-order valence-electron chi connectivity index (χ1n) is 11.2. The summed E-state index contributed by atoms with van der Waals surface area (Å²) >= 11 is 1.33. The summed E-state index contributed by atoms with van der Waals surface area (Å²) < 4.78 is 59.4. The minimum Gasteiger partial charge on any atom is -0.598 e. The van der Waals surface area contributed by atoms with Gasteiger partial charge in [-0.25, -0.2) is 23.1 Å². The van der Waals surface area contributed by atoms with Gasteiger partial charge < -0.3 is 4.55 Å². The molecule has 1 N–H and O–H groups in total. The summed E-state index contributed by atoms with van der Waals surface area (Å²) in [6.45, 7) is 5.41. The number of rotatable bonds is 7. The Labute approximate surface area is 224 Å². The average molecular weight is 561 g/mol. The van der Waals surface area contributed by atoms with E-state index in [0.717, 1.165) is 15.1 Å². The maximum Gasteiger partial charge on any atom is 0.171 e. The third-order valence-electron chi connectivity index (χ3n) is 5.46. The minimum absolute atomic E-state index is 0.0633. The summed E-state index contributed by atoms with van der Waals surface area (Å²) in [5.41, 5.74) is 2.19. The molecule has 37 heavy (non-hydrogen) atoms. The normalized spacial score (nSPS) is 13.5. The largest absolute Gasteiger partial charge is 0.598 e. The molecule has 192 valence electrons. The zero-order valence-electron chi connectivity index (χ0n) is 20.4. The van der Waals surface area contributed by atoms with Crippen molar-refractivity contribution < 1.29 is 17.7 Å². The molecule has 4 rings (SSSR count). The van der Waals surface area contributed by atoms with Gasteiger partial charge in [0.15, 0.2) is 9.99 Å². The van der Waals surface area contributed by atoms with Crippen molar-refractivity contribution in [3.05, 3.63) is 76.7 Å². The van der Waals surface area contributed by atoms with E-state index >= 15 is 0 Å². The van der Waals surface area contributed by atoms with Gasteiger partial charge in [-0.1, -0.05) is 17.8 Å². The summed E-state index contributed by atoms with van der Waals surface area (Å²) in [5.74, 6) is -2.10. The van der Waals surface area contributed by atoms with Crippen molar-refractivity contribution in [3.63, 3.8) is 0 Å². The van der Waals surface area contributed by atoms with Crippen LogP contribution in [0.1, 0.15) is 43.6 Å².